The van der Waals surface area contributed by atoms with Crippen molar-refractivity contribution in [3.63, 3.8) is 0 Å². The van der Waals surface area contributed by atoms with Crippen molar-refractivity contribution in [1.29, 1.82) is 0 Å². The van der Waals surface area contributed by atoms with E-state index in [1.54, 1.807) is 0 Å². The maximum absolute atomic E-state index is 9.19. The molecule has 0 spiro atoms. The molecule has 2 heteroatoms. The van der Waals surface area contributed by atoms with Crippen LogP contribution in [-0.2, 0) is 0 Å². The van der Waals surface area contributed by atoms with Crippen LogP contribution >= 0.6 is 0 Å². The molecule has 0 bridgehead atoms. The molecule has 1 N–H and O–H groups in total. The summed E-state index contributed by atoms with van der Waals surface area (Å²) in [6.45, 7) is 9.02. The molecule has 0 heterocycles. The fourth-order valence-electron chi connectivity index (χ4n) is 1.72. The molecule has 78 valence electrons. The zero-order valence-corrected chi connectivity index (χ0v) is 9.21. The minimum absolute atomic E-state index is 0.0672. The lowest BCUT2D eigenvalue weighted by Crippen LogP contribution is -2.38. The molecular formula is C11H23NO. The van der Waals surface area contributed by atoms with Crippen molar-refractivity contribution in [2.45, 2.75) is 46.1 Å². The maximum atomic E-state index is 9.19. The van der Waals surface area contributed by atoms with Crippen LogP contribution in [0, 0.1) is 5.41 Å². The van der Waals surface area contributed by atoms with E-state index in [9.17, 15) is 5.11 Å². The van der Waals surface area contributed by atoms with Crippen LogP contribution in [-0.4, -0.2) is 35.7 Å². The van der Waals surface area contributed by atoms with Gasteiger partial charge in [-0.3, -0.25) is 4.90 Å². The summed E-state index contributed by atoms with van der Waals surface area (Å²) in [5.74, 6) is 0. The van der Waals surface area contributed by atoms with E-state index < -0.39 is 0 Å². The van der Waals surface area contributed by atoms with Gasteiger partial charge in [0.1, 0.15) is 0 Å². The molecule has 1 saturated carbocycles. The van der Waals surface area contributed by atoms with Crippen molar-refractivity contribution >= 4 is 0 Å². The molecule has 0 amide bonds. The van der Waals surface area contributed by atoms with Gasteiger partial charge in [-0.1, -0.05) is 20.8 Å². The number of aliphatic hydroxyl groups excluding tert-OH is 1. The Morgan fingerprint density at radius 3 is 2.38 bits per heavy atom. The van der Waals surface area contributed by atoms with Crippen molar-refractivity contribution in [3.8, 4) is 0 Å². The lowest BCUT2D eigenvalue weighted by molar-refractivity contribution is 0.0987. The molecule has 0 aromatic carbocycles. The van der Waals surface area contributed by atoms with Crippen molar-refractivity contribution in [1.82, 2.24) is 4.90 Å². The Morgan fingerprint density at radius 1 is 1.38 bits per heavy atom. The zero-order valence-electron chi connectivity index (χ0n) is 9.21. The van der Waals surface area contributed by atoms with Gasteiger partial charge in [-0.15, -0.1) is 0 Å². The highest BCUT2D eigenvalue weighted by atomic mass is 16.3. The standard InChI is InChI=1S/C11H23NO/c1-4-7-12(10-5-6-10)8-11(2,3)9-13/h10,13H,4-9H2,1-3H3. The molecule has 1 fully saturated rings. The van der Waals surface area contributed by atoms with Crippen LogP contribution in [0.15, 0.2) is 0 Å². The predicted molar refractivity (Wildman–Crippen MR) is 55.8 cm³/mol. The Kier molecular flexibility index (Phi) is 3.74. The Labute approximate surface area is 81.9 Å². The topological polar surface area (TPSA) is 23.5 Å². The van der Waals surface area contributed by atoms with Crippen LogP contribution in [0.3, 0.4) is 0 Å². The number of rotatable bonds is 6. The summed E-state index contributed by atoms with van der Waals surface area (Å²) in [5, 5.41) is 9.19. The summed E-state index contributed by atoms with van der Waals surface area (Å²) < 4.78 is 0. The van der Waals surface area contributed by atoms with E-state index in [2.05, 4.69) is 25.7 Å². The van der Waals surface area contributed by atoms with Gasteiger partial charge in [0.25, 0.3) is 0 Å². The number of hydrogen-bond donors (Lipinski definition) is 1. The number of nitrogens with zero attached hydrogens (tertiary/aromatic N) is 1. The van der Waals surface area contributed by atoms with E-state index in [1.807, 2.05) is 0 Å². The SMILES string of the molecule is CCCN(CC(C)(C)CO)C1CC1. The van der Waals surface area contributed by atoms with Crippen LogP contribution in [0.25, 0.3) is 0 Å². The first-order chi connectivity index (χ1) is 6.09. The van der Waals surface area contributed by atoms with Gasteiger partial charge < -0.3 is 5.11 Å². The third-order valence-corrected chi connectivity index (χ3v) is 2.63. The second-order valence-electron chi connectivity index (χ2n) is 5.02. The van der Waals surface area contributed by atoms with E-state index in [4.69, 9.17) is 0 Å². The lowest BCUT2D eigenvalue weighted by Gasteiger charge is -2.31. The van der Waals surface area contributed by atoms with Crippen molar-refractivity contribution in [2.75, 3.05) is 19.7 Å². The van der Waals surface area contributed by atoms with Gasteiger partial charge in [-0.2, -0.15) is 0 Å². The van der Waals surface area contributed by atoms with E-state index in [-0.39, 0.29) is 5.41 Å². The Balaban J connectivity index is 2.36. The van der Waals surface area contributed by atoms with Gasteiger partial charge in [-0.05, 0) is 25.8 Å². The molecule has 0 unspecified atom stereocenters. The normalized spacial score (nSPS) is 18.2. The molecule has 0 aromatic rings. The van der Waals surface area contributed by atoms with Crippen molar-refractivity contribution in [3.05, 3.63) is 0 Å². The van der Waals surface area contributed by atoms with E-state index >= 15 is 0 Å². The van der Waals surface area contributed by atoms with Crippen LogP contribution in [0.2, 0.25) is 0 Å². The Hall–Kier alpha value is -0.0800. The van der Waals surface area contributed by atoms with Gasteiger partial charge in [0.2, 0.25) is 0 Å². The zero-order chi connectivity index (χ0) is 9.90. The molecule has 1 aliphatic rings. The highest BCUT2D eigenvalue weighted by Crippen LogP contribution is 2.29. The average Bonchev–Trinajstić information content (AvgIpc) is 2.86. The fraction of sp³-hybridized carbons (Fsp3) is 1.00. The van der Waals surface area contributed by atoms with Gasteiger partial charge >= 0.3 is 0 Å². The minimum Gasteiger partial charge on any atom is -0.396 e. The van der Waals surface area contributed by atoms with Gasteiger partial charge in [0, 0.05) is 24.6 Å². The summed E-state index contributed by atoms with van der Waals surface area (Å²) in [6.07, 6.45) is 3.95. The molecule has 0 atom stereocenters. The van der Waals surface area contributed by atoms with Crippen LogP contribution in [0.1, 0.15) is 40.0 Å². The molecule has 1 rings (SSSR count). The highest BCUT2D eigenvalue weighted by Gasteiger charge is 2.31. The number of aliphatic hydroxyl groups is 1. The molecule has 0 aliphatic heterocycles. The molecule has 0 saturated heterocycles. The average molecular weight is 185 g/mol. The van der Waals surface area contributed by atoms with Crippen molar-refractivity contribution in [2.24, 2.45) is 5.41 Å². The molecule has 0 radical (unpaired) electrons. The molecule has 13 heavy (non-hydrogen) atoms. The fourth-order valence-corrected chi connectivity index (χ4v) is 1.72. The lowest BCUT2D eigenvalue weighted by atomic mass is 9.94. The van der Waals surface area contributed by atoms with E-state index in [1.165, 1.54) is 25.8 Å². The van der Waals surface area contributed by atoms with Crippen LogP contribution in [0.5, 0.6) is 0 Å². The van der Waals surface area contributed by atoms with Gasteiger partial charge in [-0.25, -0.2) is 0 Å². The Morgan fingerprint density at radius 2 is 2.00 bits per heavy atom. The second-order valence-corrected chi connectivity index (χ2v) is 5.02. The monoisotopic (exact) mass is 185 g/mol. The van der Waals surface area contributed by atoms with Crippen LogP contribution in [0.4, 0.5) is 0 Å². The minimum atomic E-state index is 0.0672. The largest absolute Gasteiger partial charge is 0.396 e. The maximum Gasteiger partial charge on any atom is 0.0494 e. The summed E-state index contributed by atoms with van der Waals surface area (Å²) in [7, 11) is 0. The Bertz CT molecular complexity index is 152. The first-order valence-electron chi connectivity index (χ1n) is 5.44. The summed E-state index contributed by atoms with van der Waals surface area (Å²) in [4.78, 5) is 2.54. The van der Waals surface area contributed by atoms with E-state index in [0.29, 0.717) is 6.61 Å². The van der Waals surface area contributed by atoms with Crippen molar-refractivity contribution < 1.29 is 5.11 Å². The van der Waals surface area contributed by atoms with Gasteiger partial charge in [0.05, 0.1) is 0 Å². The summed E-state index contributed by atoms with van der Waals surface area (Å²) >= 11 is 0. The quantitative estimate of drug-likeness (QED) is 0.683. The summed E-state index contributed by atoms with van der Waals surface area (Å²) in [5.41, 5.74) is 0.0672. The first kappa shape index (κ1) is 11.0. The third-order valence-electron chi connectivity index (χ3n) is 2.63. The molecule has 1 aliphatic carbocycles. The van der Waals surface area contributed by atoms with Crippen LogP contribution < -0.4 is 0 Å². The number of hydrogen-bond acceptors (Lipinski definition) is 2. The molecular weight excluding hydrogens is 162 g/mol. The molecule has 2 nitrogen and oxygen atoms in total. The second kappa shape index (κ2) is 4.43. The van der Waals surface area contributed by atoms with Gasteiger partial charge in [0.15, 0.2) is 0 Å². The third kappa shape index (κ3) is 3.65. The predicted octanol–water partition coefficient (Wildman–Crippen LogP) is 1.88. The first-order valence-corrected chi connectivity index (χ1v) is 5.44. The summed E-state index contributed by atoms with van der Waals surface area (Å²) in [6, 6.07) is 0.825. The highest BCUT2D eigenvalue weighted by molar-refractivity contribution is 4.87. The molecule has 0 aromatic heterocycles. The van der Waals surface area contributed by atoms with E-state index in [0.717, 1.165) is 12.6 Å². The smallest absolute Gasteiger partial charge is 0.0494 e.